The predicted octanol–water partition coefficient (Wildman–Crippen LogP) is 2.36. The number of hydrogen-bond acceptors (Lipinski definition) is 5. The number of benzene rings is 2. The number of ether oxygens (including phenoxy) is 1. The van der Waals surface area contributed by atoms with E-state index in [9.17, 15) is 18.4 Å². The number of para-hydroxylation sites is 1. The Balaban J connectivity index is 1.86. The molecule has 0 radical (unpaired) electrons. The average Bonchev–Trinajstić information content (AvgIpc) is 3.30. The van der Waals surface area contributed by atoms with Gasteiger partial charge in [-0.25, -0.2) is 8.78 Å². The number of rotatable bonds is 8. The zero-order valence-corrected chi connectivity index (χ0v) is 18.7. The van der Waals surface area contributed by atoms with Crippen LogP contribution in [0.15, 0.2) is 47.0 Å². The van der Waals surface area contributed by atoms with Gasteiger partial charge in [0.15, 0.2) is 0 Å². The lowest BCUT2D eigenvalue weighted by Gasteiger charge is -2.14. The van der Waals surface area contributed by atoms with Gasteiger partial charge in [0.05, 0.1) is 24.4 Å². The van der Waals surface area contributed by atoms with Crippen molar-refractivity contribution in [3.05, 3.63) is 70.3 Å². The second-order valence-corrected chi connectivity index (χ2v) is 7.91. The van der Waals surface area contributed by atoms with Crippen LogP contribution in [0.4, 0.5) is 8.78 Å². The van der Waals surface area contributed by atoms with E-state index in [0.29, 0.717) is 5.75 Å². The second-order valence-electron chi connectivity index (χ2n) is 7.91. The maximum atomic E-state index is 14.8. The van der Waals surface area contributed by atoms with Crippen LogP contribution in [0.3, 0.4) is 0 Å². The Labute approximate surface area is 195 Å². The Kier molecular flexibility index (Phi) is 7.83. The zero-order valence-electron chi connectivity index (χ0n) is 18.7. The van der Waals surface area contributed by atoms with Gasteiger partial charge in [-0.3, -0.25) is 14.6 Å². The van der Waals surface area contributed by atoms with Gasteiger partial charge >= 0.3 is 0 Å². The molecule has 8 nitrogen and oxygen atoms in total. The molecule has 0 atom stereocenters. The van der Waals surface area contributed by atoms with E-state index in [4.69, 9.17) is 21.9 Å². The average molecular weight is 472 g/mol. The summed E-state index contributed by atoms with van der Waals surface area (Å²) in [5, 5.41) is 2.46. The number of nitrogens with two attached hydrogens (primary N) is 3. The van der Waals surface area contributed by atoms with Gasteiger partial charge in [0.1, 0.15) is 28.8 Å². The molecule has 0 unspecified atom stereocenters. The highest BCUT2D eigenvalue weighted by Gasteiger charge is 2.22. The van der Waals surface area contributed by atoms with Crippen molar-refractivity contribution in [1.82, 2.24) is 5.32 Å². The van der Waals surface area contributed by atoms with E-state index >= 15 is 0 Å². The summed E-state index contributed by atoms with van der Waals surface area (Å²) in [4.78, 5) is 28.8. The molecule has 0 spiro atoms. The fraction of sp³-hybridized carbons (Fsp3) is 0.292. The van der Waals surface area contributed by atoms with Gasteiger partial charge < -0.3 is 27.3 Å². The summed E-state index contributed by atoms with van der Waals surface area (Å²) < 4.78 is 34.7. The summed E-state index contributed by atoms with van der Waals surface area (Å²) in [6.07, 6.45) is 3.65. The van der Waals surface area contributed by atoms with Crippen molar-refractivity contribution in [3.8, 4) is 5.75 Å². The van der Waals surface area contributed by atoms with Gasteiger partial charge in [-0.1, -0.05) is 25.0 Å². The third-order valence-electron chi connectivity index (χ3n) is 5.65. The third kappa shape index (κ3) is 5.51. The molecule has 0 aromatic heterocycles. The number of nitrogens with one attached hydrogen (secondary N) is 1. The first-order valence-electron chi connectivity index (χ1n) is 10.8. The van der Waals surface area contributed by atoms with Crippen molar-refractivity contribution >= 4 is 23.3 Å². The fourth-order valence-electron chi connectivity index (χ4n) is 3.86. The van der Waals surface area contributed by atoms with E-state index in [2.05, 4.69) is 10.3 Å². The van der Waals surface area contributed by atoms with Crippen molar-refractivity contribution in [3.63, 3.8) is 0 Å². The number of hydrogen-bond donors (Lipinski definition) is 4. The minimum Gasteiger partial charge on any atom is -0.496 e. The first kappa shape index (κ1) is 24.7. The molecule has 2 aromatic rings. The summed E-state index contributed by atoms with van der Waals surface area (Å²) >= 11 is 0. The summed E-state index contributed by atoms with van der Waals surface area (Å²) in [6.45, 7) is -0.424. The van der Waals surface area contributed by atoms with Crippen LogP contribution in [0, 0.1) is 11.6 Å². The summed E-state index contributed by atoms with van der Waals surface area (Å²) in [6, 6.07) is 8.31. The quantitative estimate of drug-likeness (QED) is 0.265. The third-order valence-corrected chi connectivity index (χ3v) is 5.65. The van der Waals surface area contributed by atoms with Gasteiger partial charge in [-0.2, -0.15) is 0 Å². The van der Waals surface area contributed by atoms with Crippen molar-refractivity contribution in [2.24, 2.45) is 22.2 Å². The number of carbonyl (C=O) groups is 2. The molecule has 7 N–H and O–H groups in total. The Morgan fingerprint density at radius 2 is 1.71 bits per heavy atom. The van der Waals surface area contributed by atoms with Crippen molar-refractivity contribution in [2.75, 3.05) is 7.11 Å². The van der Waals surface area contributed by atoms with E-state index in [-0.39, 0.29) is 39.8 Å². The van der Waals surface area contributed by atoms with E-state index in [1.54, 1.807) is 18.2 Å². The molecule has 2 aromatic carbocycles. The number of amidine groups is 1. The highest BCUT2D eigenvalue weighted by molar-refractivity contribution is 6.24. The van der Waals surface area contributed by atoms with E-state index in [0.717, 1.165) is 37.8 Å². The highest BCUT2D eigenvalue weighted by Crippen LogP contribution is 2.24. The number of carbonyl (C=O) groups excluding carboxylic acids is 2. The summed E-state index contributed by atoms with van der Waals surface area (Å²) in [5.41, 5.74) is 16.6. The standard InChI is InChI=1S/C24H27F2N5O3/c1-34-19-9-5-4-8-15(19)24(33)30-12-16-17(25)10-13(11-18(16)26)21(27)20(23(29)32)22(28)31-14-6-2-3-7-14/h4-5,8-11,14H,2-3,6-7,12,27H2,1H3,(H2,28,31)(H2,29,32)(H,30,33). The Bertz CT molecular complexity index is 1130. The number of aliphatic imine (C=N–C) groups is 1. The lowest BCUT2D eigenvalue weighted by atomic mass is 10.0. The molecule has 0 heterocycles. The topological polar surface area (TPSA) is 146 Å². The Morgan fingerprint density at radius 3 is 2.29 bits per heavy atom. The lowest BCUT2D eigenvalue weighted by Crippen LogP contribution is -2.30. The lowest BCUT2D eigenvalue weighted by molar-refractivity contribution is -0.114. The Morgan fingerprint density at radius 1 is 1.09 bits per heavy atom. The SMILES string of the molecule is COc1ccccc1C(=O)NCc1c(F)cc(C(N)=C(C(N)=O)C(N)=NC2CCCC2)cc1F. The fourth-order valence-corrected chi connectivity index (χ4v) is 3.86. The monoisotopic (exact) mass is 471 g/mol. The van der Waals surface area contributed by atoms with Crippen LogP contribution in [-0.4, -0.2) is 30.8 Å². The maximum absolute atomic E-state index is 14.8. The van der Waals surface area contributed by atoms with Crippen LogP contribution in [-0.2, 0) is 11.3 Å². The zero-order chi connectivity index (χ0) is 24.8. The molecule has 1 aliphatic rings. The molecule has 1 saturated carbocycles. The maximum Gasteiger partial charge on any atom is 0.255 e. The molecule has 34 heavy (non-hydrogen) atoms. The van der Waals surface area contributed by atoms with Gasteiger partial charge in [-0.15, -0.1) is 0 Å². The van der Waals surface area contributed by atoms with Gasteiger partial charge in [-0.05, 0) is 37.1 Å². The first-order valence-corrected chi connectivity index (χ1v) is 10.8. The molecular weight excluding hydrogens is 444 g/mol. The number of primary amides is 1. The molecule has 180 valence electrons. The Hall–Kier alpha value is -3.95. The summed E-state index contributed by atoms with van der Waals surface area (Å²) in [5.74, 6) is -3.28. The normalized spacial score (nSPS) is 15.1. The van der Waals surface area contributed by atoms with Crippen LogP contribution in [0.1, 0.15) is 47.2 Å². The van der Waals surface area contributed by atoms with Crippen LogP contribution in [0.5, 0.6) is 5.75 Å². The molecule has 0 aliphatic heterocycles. The molecule has 10 heteroatoms. The van der Waals surface area contributed by atoms with E-state index in [1.807, 2.05) is 0 Å². The first-order chi connectivity index (χ1) is 16.2. The number of methoxy groups -OCH3 is 1. The smallest absolute Gasteiger partial charge is 0.255 e. The second kappa shape index (κ2) is 10.8. The van der Waals surface area contributed by atoms with Gasteiger partial charge in [0.2, 0.25) is 0 Å². The van der Waals surface area contributed by atoms with Crippen molar-refractivity contribution in [1.29, 1.82) is 0 Å². The van der Waals surface area contributed by atoms with Crippen molar-refractivity contribution < 1.29 is 23.1 Å². The molecule has 3 rings (SSSR count). The molecular formula is C24H27F2N5O3. The van der Waals surface area contributed by atoms with Crippen LogP contribution in [0.25, 0.3) is 5.70 Å². The van der Waals surface area contributed by atoms with E-state index in [1.165, 1.54) is 13.2 Å². The number of amides is 2. The van der Waals surface area contributed by atoms with E-state index < -0.39 is 30.0 Å². The van der Waals surface area contributed by atoms with Crippen LogP contribution in [0.2, 0.25) is 0 Å². The molecule has 1 aliphatic carbocycles. The van der Waals surface area contributed by atoms with Crippen LogP contribution >= 0.6 is 0 Å². The molecule has 2 amide bonds. The highest BCUT2D eigenvalue weighted by atomic mass is 19.1. The summed E-state index contributed by atoms with van der Waals surface area (Å²) in [7, 11) is 1.41. The largest absolute Gasteiger partial charge is 0.496 e. The molecule has 0 bridgehead atoms. The molecule has 1 fully saturated rings. The van der Waals surface area contributed by atoms with Crippen LogP contribution < -0.4 is 27.3 Å². The van der Waals surface area contributed by atoms with Gasteiger partial charge in [0, 0.05) is 17.7 Å². The van der Waals surface area contributed by atoms with Crippen molar-refractivity contribution in [2.45, 2.75) is 38.3 Å². The number of halogens is 2. The minimum absolute atomic E-state index is 0.0511. The molecule has 0 saturated heterocycles. The minimum atomic E-state index is -0.964. The van der Waals surface area contributed by atoms with Gasteiger partial charge in [0.25, 0.3) is 11.8 Å². The number of nitrogens with zero attached hydrogens (tertiary/aromatic N) is 1. The predicted molar refractivity (Wildman–Crippen MR) is 125 cm³/mol.